The first-order valence-corrected chi connectivity index (χ1v) is 7.21. The smallest absolute Gasteiger partial charge is 0.0638 e. The molecule has 0 aliphatic heterocycles. The van der Waals surface area contributed by atoms with E-state index in [4.69, 9.17) is 5.26 Å². The van der Waals surface area contributed by atoms with Crippen molar-refractivity contribution in [2.45, 2.75) is 71.9 Å². The first-order chi connectivity index (χ1) is 8.08. The Hall–Kier alpha value is -0.550. The first-order valence-electron chi connectivity index (χ1n) is 7.21. The van der Waals surface area contributed by atoms with Gasteiger partial charge in [-0.1, -0.05) is 34.1 Å². The molecule has 0 spiro atoms. The number of hydrogen-bond acceptors (Lipinski definition) is 2. The lowest BCUT2D eigenvalue weighted by Crippen LogP contribution is -2.47. The maximum atomic E-state index is 8.83. The zero-order valence-electron chi connectivity index (χ0n) is 11.9. The quantitative estimate of drug-likeness (QED) is 0.789. The second kappa shape index (κ2) is 7.01. The van der Waals surface area contributed by atoms with Crippen LogP contribution in [0.4, 0.5) is 0 Å². The molecule has 98 valence electrons. The van der Waals surface area contributed by atoms with Crippen LogP contribution in [-0.4, -0.2) is 12.1 Å². The summed E-state index contributed by atoms with van der Waals surface area (Å²) >= 11 is 0. The molecule has 0 radical (unpaired) electrons. The van der Waals surface area contributed by atoms with Crippen molar-refractivity contribution in [1.29, 1.82) is 5.26 Å². The number of nitriles is 1. The van der Waals surface area contributed by atoms with Crippen molar-refractivity contribution in [3.63, 3.8) is 0 Å². The minimum atomic E-state index is 0.386. The Bertz CT molecular complexity index is 254. The van der Waals surface area contributed by atoms with Gasteiger partial charge in [0.15, 0.2) is 0 Å². The minimum Gasteiger partial charge on any atom is -0.310 e. The fraction of sp³-hybridized carbons (Fsp3) is 0.933. The van der Waals surface area contributed by atoms with E-state index in [9.17, 15) is 0 Å². The Balaban J connectivity index is 2.59. The van der Waals surface area contributed by atoms with Crippen LogP contribution in [0, 0.1) is 29.1 Å². The summed E-state index contributed by atoms with van der Waals surface area (Å²) in [5.41, 5.74) is 0. The lowest BCUT2D eigenvalue weighted by atomic mass is 9.73. The Morgan fingerprint density at radius 3 is 2.59 bits per heavy atom. The van der Waals surface area contributed by atoms with E-state index in [0.29, 0.717) is 18.5 Å². The molecule has 1 aliphatic carbocycles. The van der Waals surface area contributed by atoms with Crippen molar-refractivity contribution in [2.75, 3.05) is 0 Å². The highest BCUT2D eigenvalue weighted by atomic mass is 15.0. The monoisotopic (exact) mass is 236 g/mol. The summed E-state index contributed by atoms with van der Waals surface area (Å²) in [7, 11) is 0. The van der Waals surface area contributed by atoms with Gasteiger partial charge in [-0.05, 0) is 37.0 Å². The van der Waals surface area contributed by atoms with Crippen molar-refractivity contribution in [1.82, 2.24) is 5.32 Å². The summed E-state index contributed by atoms with van der Waals surface area (Å²) in [6.07, 6.45) is 5.70. The molecule has 0 saturated heterocycles. The zero-order valence-corrected chi connectivity index (χ0v) is 11.9. The predicted molar refractivity (Wildman–Crippen MR) is 72.6 cm³/mol. The van der Waals surface area contributed by atoms with Gasteiger partial charge in [0.25, 0.3) is 0 Å². The van der Waals surface area contributed by atoms with Crippen LogP contribution in [0.2, 0.25) is 0 Å². The molecule has 17 heavy (non-hydrogen) atoms. The van der Waals surface area contributed by atoms with Crippen LogP contribution in [-0.2, 0) is 0 Å². The molecule has 1 N–H and O–H groups in total. The van der Waals surface area contributed by atoms with Crippen LogP contribution >= 0.6 is 0 Å². The van der Waals surface area contributed by atoms with Gasteiger partial charge in [0.2, 0.25) is 0 Å². The van der Waals surface area contributed by atoms with Gasteiger partial charge in [-0.25, -0.2) is 0 Å². The van der Waals surface area contributed by atoms with Gasteiger partial charge in [0.1, 0.15) is 0 Å². The minimum absolute atomic E-state index is 0.386. The fourth-order valence-corrected chi connectivity index (χ4v) is 3.13. The van der Waals surface area contributed by atoms with Gasteiger partial charge < -0.3 is 5.32 Å². The van der Waals surface area contributed by atoms with Gasteiger partial charge in [0, 0.05) is 12.1 Å². The van der Waals surface area contributed by atoms with Crippen molar-refractivity contribution < 1.29 is 0 Å². The highest BCUT2D eigenvalue weighted by molar-refractivity contribution is 4.89. The highest BCUT2D eigenvalue weighted by Crippen LogP contribution is 2.33. The Morgan fingerprint density at radius 1 is 1.35 bits per heavy atom. The van der Waals surface area contributed by atoms with E-state index in [1.807, 2.05) is 0 Å². The van der Waals surface area contributed by atoms with E-state index < -0.39 is 0 Å². The van der Waals surface area contributed by atoms with Crippen LogP contribution in [0.1, 0.15) is 59.8 Å². The fourth-order valence-electron chi connectivity index (χ4n) is 3.13. The number of nitrogens with zero attached hydrogens (tertiary/aromatic N) is 1. The molecule has 2 heteroatoms. The third kappa shape index (κ3) is 4.32. The molecule has 4 atom stereocenters. The molecule has 2 nitrogen and oxygen atoms in total. The molecule has 0 amide bonds. The molecule has 4 unspecified atom stereocenters. The summed E-state index contributed by atoms with van der Waals surface area (Å²) in [4.78, 5) is 0. The lowest BCUT2D eigenvalue weighted by Gasteiger charge is -2.39. The summed E-state index contributed by atoms with van der Waals surface area (Å²) < 4.78 is 0. The molecular weight excluding hydrogens is 208 g/mol. The highest BCUT2D eigenvalue weighted by Gasteiger charge is 2.31. The van der Waals surface area contributed by atoms with Crippen LogP contribution in [0.25, 0.3) is 0 Å². The summed E-state index contributed by atoms with van der Waals surface area (Å²) in [5, 5.41) is 12.6. The van der Waals surface area contributed by atoms with Gasteiger partial charge in [-0.2, -0.15) is 5.26 Å². The molecule has 1 fully saturated rings. The van der Waals surface area contributed by atoms with E-state index in [1.54, 1.807) is 0 Å². The number of nitrogens with one attached hydrogen (secondary N) is 1. The molecular formula is C15H28N2. The average molecular weight is 236 g/mol. The summed E-state index contributed by atoms with van der Waals surface area (Å²) in [6.45, 7) is 9.20. The van der Waals surface area contributed by atoms with Gasteiger partial charge >= 0.3 is 0 Å². The molecule has 0 aromatic rings. The van der Waals surface area contributed by atoms with Gasteiger partial charge in [-0.15, -0.1) is 0 Å². The topological polar surface area (TPSA) is 35.8 Å². The van der Waals surface area contributed by atoms with Crippen molar-refractivity contribution >= 4 is 0 Å². The van der Waals surface area contributed by atoms with E-state index in [1.165, 1.54) is 19.3 Å². The Labute approximate surface area is 107 Å². The first kappa shape index (κ1) is 14.5. The SMILES string of the molecule is CCC(CC#N)NC1CC(C)CCC1C(C)C. The maximum absolute atomic E-state index is 8.83. The van der Waals surface area contributed by atoms with Crippen molar-refractivity contribution in [3.05, 3.63) is 0 Å². The van der Waals surface area contributed by atoms with Crippen molar-refractivity contribution in [2.24, 2.45) is 17.8 Å². The standard InChI is InChI=1S/C15H28N2/c1-5-13(8-9-16)17-15-10-12(4)6-7-14(15)11(2)3/h11-15,17H,5-8,10H2,1-4H3. The van der Waals surface area contributed by atoms with E-state index in [0.717, 1.165) is 24.2 Å². The van der Waals surface area contributed by atoms with Crippen LogP contribution in [0.5, 0.6) is 0 Å². The maximum Gasteiger partial charge on any atom is 0.0638 e. The number of hydrogen-bond donors (Lipinski definition) is 1. The van der Waals surface area contributed by atoms with E-state index in [-0.39, 0.29) is 0 Å². The third-order valence-corrected chi connectivity index (χ3v) is 4.30. The van der Waals surface area contributed by atoms with Crippen LogP contribution in [0.15, 0.2) is 0 Å². The van der Waals surface area contributed by atoms with Crippen LogP contribution < -0.4 is 5.32 Å². The van der Waals surface area contributed by atoms with E-state index >= 15 is 0 Å². The Kier molecular flexibility index (Phi) is 5.98. The average Bonchev–Trinajstić information content (AvgIpc) is 2.28. The largest absolute Gasteiger partial charge is 0.310 e. The second-order valence-corrected chi connectivity index (χ2v) is 6.07. The molecule has 0 bridgehead atoms. The summed E-state index contributed by atoms with van der Waals surface area (Å²) in [6, 6.07) is 3.31. The second-order valence-electron chi connectivity index (χ2n) is 6.07. The normalized spacial score (nSPS) is 31.2. The number of rotatable bonds is 5. The van der Waals surface area contributed by atoms with Crippen LogP contribution in [0.3, 0.4) is 0 Å². The zero-order chi connectivity index (χ0) is 12.8. The molecule has 1 saturated carbocycles. The molecule has 1 rings (SSSR count). The lowest BCUT2D eigenvalue weighted by molar-refractivity contribution is 0.158. The summed E-state index contributed by atoms with van der Waals surface area (Å²) in [5.74, 6) is 2.38. The van der Waals surface area contributed by atoms with E-state index in [2.05, 4.69) is 39.1 Å². The van der Waals surface area contributed by atoms with Gasteiger partial charge in [0.05, 0.1) is 12.5 Å². The Morgan fingerprint density at radius 2 is 2.06 bits per heavy atom. The molecule has 0 aromatic heterocycles. The third-order valence-electron chi connectivity index (χ3n) is 4.30. The molecule has 0 aromatic carbocycles. The van der Waals surface area contributed by atoms with Gasteiger partial charge in [-0.3, -0.25) is 0 Å². The molecule has 0 heterocycles. The molecule has 1 aliphatic rings. The predicted octanol–water partition coefficient (Wildman–Crippen LogP) is 3.73. The van der Waals surface area contributed by atoms with Crippen molar-refractivity contribution in [3.8, 4) is 6.07 Å².